The van der Waals surface area contributed by atoms with E-state index in [4.69, 9.17) is 5.73 Å². The standard InChI is InChI=1S/C18H15BrN2O/c1-11-6-13-7-12(9-19)8-16(17(13)21-10-11)14-4-2-3-5-15(14)18(20)22/h2-8,10H,9H2,1H3,(H2,20,22). The SMILES string of the molecule is Cc1cnc2c(-c3ccccc3C(N)=O)cc(CBr)cc2c1. The Bertz CT molecular complexity index is 874. The number of fused-ring (bicyclic) bond motifs is 1. The Morgan fingerprint density at radius 3 is 2.68 bits per heavy atom. The minimum atomic E-state index is -0.430. The minimum absolute atomic E-state index is 0.430. The Balaban J connectivity index is 2.37. The fraction of sp³-hybridized carbons (Fsp3) is 0.111. The van der Waals surface area contributed by atoms with Gasteiger partial charge in [-0.05, 0) is 47.9 Å². The molecule has 4 heteroatoms. The average molecular weight is 355 g/mol. The van der Waals surface area contributed by atoms with Crippen LogP contribution in [0.5, 0.6) is 0 Å². The molecule has 0 saturated carbocycles. The van der Waals surface area contributed by atoms with Crippen LogP contribution in [0.4, 0.5) is 0 Å². The number of carbonyl (C=O) groups excluding carboxylic acids is 1. The zero-order valence-corrected chi connectivity index (χ0v) is 13.7. The number of aryl methyl sites for hydroxylation is 1. The molecule has 110 valence electrons. The second-order valence-electron chi connectivity index (χ2n) is 5.27. The highest BCUT2D eigenvalue weighted by Crippen LogP contribution is 2.32. The molecule has 1 amide bonds. The van der Waals surface area contributed by atoms with E-state index in [0.717, 1.165) is 38.5 Å². The first-order valence-corrected chi connectivity index (χ1v) is 8.06. The highest BCUT2D eigenvalue weighted by atomic mass is 79.9. The highest BCUT2D eigenvalue weighted by molar-refractivity contribution is 9.08. The smallest absolute Gasteiger partial charge is 0.249 e. The first-order valence-electron chi connectivity index (χ1n) is 6.94. The molecular weight excluding hydrogens is 340 g/mol. The number of pyridine rings is 1. The van der Waals surface area contributed by atoms with Gasteiger partial charge < -0.3 is 5.73 Å². The van der Waals surface area contributed by atoms with Crippen molar-refractivity contribution in [2.75, 3.05) is 0 Å². The second-order valence-corrected chi connectivity index (χ2v) is 5.83. The van der Waals surface area contributed by atoms with Crippen LogP contribution in [0.1, 0.15) is 21.5 Å². The second kappa shape index (κ2) is 5.89. The molecular formula is C18H15BrN2O. The van der Waals surface area contributed by atoms with E-state index in [2.05, 4.69) is 39.1 Å². The molecule has 22 heavy (non-hydrogen) atoms. The first-order chi connectivity index (χ1) is 10.6. The summed E-state index contributed by atoms with van der Waals surface area (Å²) in [4.78, 5) is 16.3. The van der Waals surface area contributed by atoms with E-state index >= 15 is 0 Å². The maximum absolute atomic E-state index is 11.7. The number of primary amides is 1. The van der Waals surface area contributed by atoms with Crippen LogP contribution in [-0.2, 0) is 5.33 Å². The molecule has 0 fully saturated rings. The third-order valence-electron chi connectivity index (χ3n) is 3.62. The van der Waals surface area contributed by atoms with E-state index < -0.39 is 5.91 Å². The van der Waals surface area contributed by atoms with Crippen LogP contribution < -0.4 is 5.73 Å². The van der Waals surface area contributed by atoms with Gasteiger partial charge in [-0.3, -0.25) is 9.78 Å². The van der Waals surface area contributed by atoms with Gasteiger partial charge in [0.15, 0.2) is 0 Å². The van der Waals surface area contributed by atoms with Crippen molar-refractivity contribution in [3.8, 4) is 11.1 Å². The van der Waals surface area contributed by atoms with E-state index in [9.17, 15) is 4.79 Å². The molecule has 0 atom stereocenters. The molecule has 3 rings (SSSR count). The van der Waals surface area contributed by atoms with Gasteiger partial charge in [-0.2, -0.15) is 0 Å². The molecule has 2 aromatic carbocycles. The molecule has 2 N–H and O–H groups in total. The summed E-state index contributed by atoms with van der Waals surface area (Å²) in [6.45, 7) is 2.02. The number of hydrogen-bond donors (Lipinski definition) is 1. The zero-order chi connectivity index (χ0) is 15.7. The predicted octanol–water partition coefficient (Wildman–Crippen LogP) is 4.20. The van der Waals surface area contributed by atoms with Gasteiger partial charge >= 0.3 is 0 Å². The summed E-state index contributed by atoms with van der Waals surface area (Å²) in [6, 6.07) is 13.7. The van der Waals surface area contributed by atoms with Crippen molar-refractivity contribution in [2.45, 2.75) is 12.3 Å². The fourth-order valence-electron chi connectivity index (χ4n) is 2.64. The number of benzene rings is 2. The number of halogens is 1. The van der Waals surface area contributed by atoms with Gasteiger partial charge in [-0.15, -0.1) is 0 Å². The Morgan fingerprint density at radius 1 is 1.18 bits per heavy atom. The maximum Gasteiger partial charge on any atom is 0.249 e. The zero-order valence-electron chi connectivity index (χ0n) is 12.1. The van der Waals surface area contributed by atoms with Crippen molar-refractivity contribution in [2.24, 2.45) is 5.73 Å². The number of nitrogens with two attached hydrogens (primary N) is 1. The van der Waals surface area contributed by atoms with Crippen LogP contribution in [0, 0.1) is 6.92 Å². The molecule has 0 aliphatic heterocycles. The van der Waals surface area contributed by atoms with Crippen LogP contribution in [0.2, 0.25) is 0 Å². The van der Waals surface area contributed by atoms with Crippen molar-refractivity contribution in [1.29, 1.82) is 0 Å². The topological polar surface area (TPSA) is 56.0 Å². The summed E-state index contributed by atoms with van der Waals surface area (Å²) in [5.41, 5.74) is 10.9. The molecule has 0 aliphatic carbocycles. The molecule has 0 radical (unpaired) electrons. The molecule has 0 bridgehead atoms. The summed E-state index contributed by atoms with van der Waals surface area (Å²) < 4.78 is 0. The largest absolute Gasteiger partial charge is 0.366 e. The number of amides is 1. The van der Waals surface area contributed by atoms with Gasteiger partial charge in [0.05, 0.1) is 5.52 Å². The van der Waals surface area contributed by atoms with Crippen molar-refractivity contribution in [1.82, 2.24) is 4.98 Å². The lowest BCUT2D eigenvalue weighted by atomic mass is 9.95. The van der Waals surface area contributed by atoms with Crippen LogP contribution in [0.15, 0.2) is 48.7 Å². The Morgan fingerprint density at radius 2 is 1.95 bits per heavy atom. The number of hydrogen-bond acceptors (Lipinski definition) is 2. The number of nitrogens with zero attached hydrogens (tertiary/aromatic N) is 1. The number of rotatable bonds is 3. The quantitative estimate of drug-likeness (QED) is 0.716. The number of carbonyl (C=O) groups is 1. The van der Waals surface area contributed by atoms with Gasteiger partial charge in [-0.25, -0.2) is 0 Å². The number of alkyl halides is 1. The molecule has 0 unspecified atom stereocenters. The van der Waals surface area contributed by atoms with E-state index in [1.54, 1.807) is 6.07 Å². The normalized spacial score (nSPS) is 10.8. The van der Waals surface area contributed by atoms with Crippen LogP contribution in [0.25, 0.3) is 22.0 Å². The molecule has 1 aromatic heterocycles. The fourth-order valence-corrected chi connectivity index (χ4v) is 2.96. The lowest BCUT2D eigenvalue weighted by molar-refractivity contribution is 0.100. The van der Waals surface area contributed by atoms with Gasteiger partial charge in [0.25, 0.3) is 0 Å². The van der Waals surface area contributed by atoms with Crippen molar-refractivity contribution >= 4 is 32.7 Å². The average Bonchev–Trinajstić information content (AvgIpc) is 2.53. The number of aromatic nitrogens is 1. The summed E-state index contributed by atoms with van der Waals surface area (Å²) in [5.74, 6) is -0.430. The summed E-state index contributed by atoms with van der Waals surface area (Å²) >= 11 is 3.50. The van der Waals surface area contributed by atoms with Gasteiger partial charge in [0.1, 0.15) is 0 Å². The Hall–Kier alpha value is -2.20. The summed E-state index contributed by atoms with van der Waals surface area (Å²) in [5, 5.41) is 1.80. The van der Waals surface area contributed by atoms with Gasteiger partial charge in [0, 0.05) is 28.0 Å². The van der Waals surface area contributed by atoms with Crippen molar-refractivity contribution in [3.63, 3.8) is 0 Å². The van der Waals surface area contributed by atoms with Gasteiger partial charge in [-0.1, -0.05) is 34.1 Å². The van der Waals surface area contributed by atoms with E-state index in [0.29, 0.717) is 5.56 Å². The van der Waals surface area contributed by atoms with E-state index in [-0.39, 0.29) is 0 Å². The van der Waals surface area contributed by atoms with Gasteiger partial charge in [0.2, 0.25) is 5.91 Å². The van der Waals surface area contributed by atoms with Crippen LogP contribution >= 0.6 is 15.9 Å². The molecule has 3 aromatic rings. The first kappa shape index (κ1) is 14.7. The molecule has 0 aliphatic rings. The third kappa shape index (κ3) is 2.62. The Labute approximate surface area is 137 Å². The lowest BCUT2D eigenvalue weighted by Gasteiger charge is -2.12. The molecule has 1 heterocycles. The summed E-state index contributed by atoms with van der Waals surface area (Å²) in [6.07, 6.45) is 1.84. The molecule has 3 nitrogen and oxygen atoms in total. The van der Waals surface area contributed by atoms with E-state index in [1.807, 2.05) is 31.3 Å². The van der Waals surface area contributed by atoms with E-state index in [1.165, 1.54) is 0 Å². The predicted molar refractivity (Wildman–Crippen MR) is 93.1 cm³/mol. The molecule has 0 spiro atoms. The lowest BCUT2D eigenvalue weighted by Crippen LogP contribution is -2.12. The maximum atomic E-state index is 11.7. The monoisotopic (exact) mass is 354 g/mol. The molecule has 0 saturated heterocycles. The van der Waals surface area contributed by atoms with Crippen molar-refractivity contribution in [3.05, 3.63) is 65.4 Å². The van der Waals surface area contributed by atoms with Crippen LogP contribution in [0.3, 0.4) is 0 Å². The van der Waals surface area contributed by atoms with Crippen molar-refractivity contribution < 1.29 is 4.79 Å². The third-order valence-corrected chi connectivity index (χ3v) is 4.26. The van der Waals surface area contributed by atoms with Crippen LogP contribution in [-0.4, -0.2) is 10.9 Å². The summed E-state index contributed by atoms with van der Waals surface area (Å²) in [7, 11) is 0. The minimum Gasteiger partial charge on any atom is -0.366 e. The highest BCUT2D eigenvalue weighted by Gasteiger charge is 2.14. The Kier molecular flexibility index (Phi) is 3.94.